The number of hydrogen-bond donors (Lipinski definition) is 0. The average molecular weight is 560 g/mol. The van der Waals surface area contributed by atoms with Crippen molar-refractivity contribution in [2.45, 2.75) is 43.6 Å². The fraction of sp³-hybridized carbons (Fsp3) is 0.481. The summed E-state index contributed by atoms with van der Waals surface area (Å²) in [5.41, 5.74) is 1.00. The van der Waals surface area contributed by atoms with Gasteiger partial charge in [0, 0.05) is 25.3 Å². The molecular formula is C27H33N3O6S2. The zero-order chi connectivity index (χ0) is 26.9. The highest BCUT2D eigenvalue weighted by Crippen LogP contribution is 2.40. The van der Waals surface area contributed by atoms with Crippen molar-refractivity contribution in [1.82, 2.24) is 9.29 Å². The lowest BCUT2D eigenvalue weighted by atomic mass is 10.0. The van der Waals surface area contributed by atoms with Gasteiger partial charge in [0.25, 0.3) is 5.91 Å². The molecule has 2 fully saturated rings. The van der Waals surface area contributed by atoms with E-state index in [-0.39, 0.29) is 16.9 Å². The Labute approximate surface area is 227 Å². The zero-order valence-corrected chi connectivity index (χ0v) is 23.5. The number of methoxy groups -OCH3 is 2. The molecular weight excluding hydrogens is 526 g/mol. The number of rotatable bonds is 8. The summed E-state index contributed by atoms with van der Waals surface area (Å²) in [6, 6.07) is 9.82. The molecule has 3 heterocycles. The van der Waals surface area contributed by atoms with Crippen LogP contribution in [0, 0.1) is 5.92 Å². The monoisotopic (exact) mass is 559 g/mol. The van der Waals surface area contributed by atoms with Gasteiger partial charge in [-0.1, -0.05) is 18.3 Å². The minimum Gasteiger partial charge on any atom is -0.495 e. The third-order valence-electron chi connectivity index (χ3n) is 7.27. The number of thiazole rings is 1. The van der Waals surface area contributed by atoms with Gasteiger partial charge in [0.1, 0.15) is 21.7 Å². The number of anilines is 1. The van der Waals surface area contributed by atoms with Crippen LogP contribution in [-0.2, 0) is 14.8 Å². The lowest BCUT2D eigenvalue weighted by molar-refractivity contribution is 0.0917. The summed E-state index contributed by atoms with van der Waals surface area (Å²) in [5, 5.41) is 0.502. The molecule has 5 rings (SSSR count). The summed E-state index contributed by atoms with van der Waals surface area (Å²) in [6.07, 6.45) is 3.40. The van der Waals surface area contributed by atoms with Crippen LogP contribution in [0.1, 0.15) is 43.0 Å². The lowest BCUT2D eigenvalue weighted by Crippen LogP contribution is -2.38. The van der Waals surface area contributed by atoms with Crippen molar-refractivity contribution >= 4 is 42.6 Å². The summed E-state index contributed by atoms with van der Waals surface area (Å²) >= 11 is 1.35. The van der Waals surface area contributed by atoms with Crippen molar-refractivity contribution in [2.75, 3.05) is 45.4 Å². The average Bonchev–Trinajstić information content (AvgIpc) is 3.61. The van der Waals surface area contributed by atoms with Crippen LogP contribution < -0.4 is 14.4 Å². The second kappa shape index (κ2) is 11.2. The molecule has 204 valence electrons. The second-order valence-corrected chi connectivity index (χ2v) is 12.7. The maximum atomic E-state index is 13.8. The molecule has 0 bridgehead atoms. The molecule has 1 aromatic heterocycles. The number of ether oxygens (including phenoxy) is 3. The Morgan fingerprint density at radius 2 is 1.76 bits per heavy atom. The highest BCUT2D eigenvalue weighted by molar-refractivity contribution is 7.89. The molecule has 2 aromatic carbocycles. The van der Waals surface area contributed by atoms with Gasteiger partial charge in [0.2, 0.25) is 10.0 Å². The van der Waals surface area contributed by atoms with Crippen molar-refractivity contribution in [3.8, 4) is 11.5 Å². The molecule has 2 saturated heterocycles. The largest absolute Gasteiger partial charge is 0.495 e. The van der Waals surface area contributed by atoms with E-state index >= 15 is 0 Å². The van der Waals surface area contributed by atoms with E-state index in [4.69, 9.17) is 19.2 Å². The lowest BCUT2D eigenvalue weighted by Gasteiger charge is -2.29. The maximum absolute atomic E-state index is 13.8. The van der Waals surface area contributed by atoms with Crippen molar-refractivity contribution < 1.29 is 27.4 Å². The predicted molar refractivity (Wildman–Crippen MR) is 147 cm³/mol. The number of carbonyl (C=O) groups excluding carboxylic acids is 1. The molecule has 9 nitrogen and oxygen atoms in total. The van der Waals surface area contributed by atoms with E-state index in [0.29, 0.717) is 59.9 Å². The zero-order valence-electron chi connectivity index (χ0n) is 21.9. The topological polar surface area (TPSA) is 98.3 Å². The van der Waals surface area contributed by atoms with Gasteiger partial charge >= 0.3 is 0 Å². The fourth-order valence-corrected chi connectivity index (χ4v) is 7.48. The molecule has 0 N–H and O–H groups in total. The van der Waals surface area contributed by atoms with Crippen molar-refractivity contribution in [1.29, 1.82) is 0 Å². The van der Waals surface area contributed by atoms with E-state index in [9.17, 15) is 13.2 Å². The van der Waals surface area contributed by atoms with Crippen molar-refractivity contribution in [2.24, 2.45) is 5.92 Å². The summed E-state index contributed by atoms with van der Waals surface area (Å²) in [7, 11) is -0.429. The minimum absolute atomic E-state index is 0.101. The van der Waals surface area contributed by atoms with Crippen LogP contribution in [-0.4, -0.2) is 70.2 Å². The smallest absolute Gasteiger partial charge is 0.260 e. The van der Waals surface area contributed by atoms with Gasteiger partial charge in [-0.25, -0.2) is 13.4 Å². The first-order valence-corrected chi connectivity index (χ1v) is 15.1. The fourth-order valence-electron chi connectivity index (χ4n) is 4.93. The van der Waals surface area contributed by atoms with Crippen LogP contribution >= 0.6 is 11.3 Å². The van der Waals surface area contributed by atoms with Crippen molar-refractivity contribution in [3.63, 3.8) is 0 Å². The number of hydrogen-bond acceptors (Lipinski definition) is 8. The first-order valence-electron chi connectivity index (χ1n) is 12.9. The molecule has 3 aromatic rings. The third-order valence-corrected chi connectivity index (χ3v) is 10.3. The summed E-state index contributed by atoms with van der Waals surface area (Å²) < 4.78 is 45.5. The van der Waals surface area contributed by atoms with E-state index in [1.54, 1.807) is 37.3 Å². The summed E-state index contributed by atoms with van der Waals surface area (Å²) in [5.74, 6) is 1.50. The van der Waals surface area contributed by atoms with E-state index < -0.39 is 10.0 Å². The Balaban J connectivity index is 1.46. The Kier molecular flexibility index (Phi) is 7.90. The molecule has 11 heteroatoms. The van der Waals surface area contributed by atoms with E-state index in [1.165, 1.54) is 27.8 Å². The Bertz CT molecular complexity index is 1350. The van der Waals surface area contributed by atoms with Crippen LogP contribution in [0.15, 0.2) is 41.3 Å². The van der Waals surface area contributed by atoms with Crippen LogP contribution in [0.25, 0.3) is 10.2 Å². The number of carbonyl (C=O) groups is 1. The molecule has 0 saturated carbocycles. The quantitative estimate of drug-likeness (QED) is 0.399. The molecule has 1 atom stereocenters. The second-order valence-electron chi connectivity index (χ2n) is 9.81. The number of nitrogens with zero attached hydrogens (tertiary/aromatic N) is 3. The van der Waals surface area contributed by atoms with Gasteiger partial charge in [-0.2, -0.15) is 4.31 Å². The number of piperidine rings is 1. The van der Waals surface area contributed by atoms with E-state index in [2.05, 4.69) is 6.92 Å². The highest BCUT2D eigenvalue weighted by atomic mass is 32.2. The highest BCUT2D eigenvalue weighted by Gasteiger charge is 2.30. The summed E-state index contributed by atoms with van der Waals surface area (Å²) in [4.78, 5) is 20.4. The molecule has 38 heavy (non-hydrogen) atoms. The Morgan fingerprint density at radius 3 is 2.39 bits per heavy atom. The van der Waals surface area contributed by atoms with Gasteiger partial charge in [0.15, 0.2) is 5.13 Å². The first kappa shape index (κ1) is 26.9. The molecule has 0 radical (unpaired) electrons. The number of benzene rings is 2. The van der Waals surface area contributed by atoms with Gasteiger partial charge < -0.3 is 14.2 Å². The van der Waals surface area contributed by atoms with Crippen molar-refractivity contribution in [3.05, 3.63) is 42.0 Å². The molecule has 2 aliphatic heterocycles. The van der Waals surface area contributed by atoms with E-state index in [0.717, 1.165) is 30.4 Å². The molecule has 2 aliphatic rings. The molecule has 1 amide bonds. The van der Waals surface area contributed by atoms with Crippen LogP contribution in [0.5, 0.6) is 11.5 Å². The van der Waals surface area contributed by atoms with Crippen LogP contribution in [0.4, 0.5) is 5.13 Å². The van der Waals surface area contributed by atoms with Gasteiger partial charge in [0.05, 0.1) is 31.8 Å². The normalized spacial score (nSPS) is 19.1. The first-order chi connectivity index (χ1) is 18.3. The predicted octanol–water partition coefficient (Wildman–Crippen LogP) is 4.56. The number of sulfonamides is 1. The van der Waals surface area contributed by atoms with Crippen LogP contribution in [0.2, 0.25) is 0 Å². The number of fused-ring (bicyclic) bond motifs is 1. The van der Waals surface area contributed by atoms with Crippen LogP contribution in [0.3, 0.4) is 0 Å². The maximum Gasteiger partial charge on any atom is 0.260 e. The third kappa shape index (κ3) is 5.25. The number of amides is 1. The molecule has 0 aliphatic carbocycles. The van der Waals surface area contributed by atoms with Gasteiger partial charge in [-0.05, 0) is 68.0 Å². The number of aromatic nitrogens is 1. The molecule has 0 spiro atoms. The molecule has 1 unspecified atom stereocenters. The SMILES string of the molecule is COc1ccc(OC)c2sc(N(CC3CCCO3)C(=O)c3ccc(S(=O)(=O)N4CCC(C)CC4)cc3)nc12. The standard InChI is InChI=1S/C27H33N3O6S2/c1-18-12-14-29(15-13-18)38(32,33)21-8-6-19(7-9-21)26(31)30(17-20-5-4-16-36-20)27-28-24-22(34-2)10-11-23(35-3)25(24)37-27/h6-11,18,20H,4-5,12-17H2,1-3H3. The van der Waals surface area contributed by atoms with E-state index in [1.807, 2.05) is 6.07 Å². The Morgan fingerprint density at radius 1 is 1.08 bits per heavy atom. The van der Waals surface area contributed by atoms with Gasteiger partial charge in [-0.15, -0.1) is 0 Å². The Hall–Kier alpha value is -2.73. The van der Waals surface area contributed by atoms with Gasteiger partial charge in [-0.3, -0.25) is 9.69 Å². The summed E-state index contributed by atoms with van der Waals surface area (Å²) in [6.45, 7) is 4.18. The minimum atomic E-state index is -3.60.